The van der Waals surface area contributed by atoms with E-state index in [9.17, 15) is 9.59 Å². The van der Waals surface area contributed by atoms with Gasteiger partial charge in [-0.05, 0) is 42.7 Å². The van der Waals surface area contributed by atoms with Crippen LogP contribution in [0.5, 0.6) is 11.5 Å². The largest absolute Gasteiger partial charge is 0.493 e. The van der Waals surface area contributed by atoms with E-state index in [0.29, 0.717) is 28.3 Å². The van der Waals surface area contributed by atoms with Gasteiger partial charge < -0.3 is 9.47 Å². The van der Waals surface area contributed by atoms with Crippen LogP contribution in [0.3, 0.4) is 0 Å². The summed E-state index contributed by atoms with van der Waals surface area (Å²) < 4.78 is 12.3. The number of nitrogens with one attached hydrogen (secondary N) is 1. The summed E-state index contributed by atoms with van der Waals surface area (Å²) in [7, 11) is 1.57. The van der Waals surface area contributed by atoms with Crippen molar-refractivity contribution >= 4 is 33.7 Å². The molecule has 1 N–H and O–H groups in total. The van der Waals surface area contributed by atoms with Gasteiger partial charge in [0.15, 0.2) is 11.5 Å². The third-order valence-electron chi connectivity index (χ3n) is 5.29. The molecular formula is C26H26N4O4S. The lowest BCUT2D eigenvalue weighted by Gasteiger charge is -2.10. The molecule has 8 nitrogen and oxygen atoms in total. The van der Waals surface area contributed by atoms with Crippen LogP contribution in [-0.2, 0) is 11.3 Å². The first-order chi connectivity index (χ1) is 17.0. The van der Waals surface area contributed by atoms with E-state index in [0.717, 1.165) is 28.7 Å². The van der Waals surface area contributed by atoms with Crippen LogP contribution in [0.15, 0.2) is 64.1 Å². The molecular weight excluding hydrogens is 464 g/mol. The fourth-order valence-electron chi connectivity index (χ4n) is 3.49. The second-order valence-corrected chi connectivity index (χ2v) is 8.78. The number of carbonyl (C=O) groups is 1. The molecule has 35 heavy (non-hydrogen) atoms. The lowest BCUT2D eigenvalue weighted by atomic mass is 10.1. The maximum absolute atomic E-state index is 13.1. The minimum atomic E-state index is -0.438. The molecule has 0 aliphatic heterocycles. The van der Waals surface area contributed by atoms with Gasteiger partial charge in [0, 0.05) is 10.9 Å². The molecule has 9 heteroatoms. The van der Waals surface area contributed by atoms with Crippen LogP contribution in [0.25, 0.3) is 21.3 Å². The van der Waals surface area contributed by atoms with Crippen LogP contribution in [0, 0.1) is 6.92 Å². The summed E-state index contributed by atoms with van der Waals surface area (Å²) in [4.78, 5) is 30.6. The number of hydrazone groups is 1. The highest BCUT2D eigenvalue weighted by molar-refractivity contribution is 7.17. The summed E-state index contributed by atoms with van der Waals surface area (Å²) >= 11 is 1.41. The number of hydrogen-bond acceptors (Lipinski definition) is 7. The van der Waals surface area contributed by atoms with E-state index in [2.05, 4.69) is 15.5 Å². The van der Waals surface area contributed by atoms with Crippen LogP contribution in [0.4, 0.5) is 0 Å². The Morgan fingerprint density at radius 2 is 2.00 bits per heavy atom. The minimum absolute atomic E-state index is 0.199. The van der Waals surface area contributed by atoms with E-state index in [-0.39, 0.29) is 12.1 Å². The Labute approximate surface area is 206 Å². The number of methoxy groups -OCH3 is 1. The molecule has 0 fully saturated rings. The monoisotopic (exact) mass is 490 g/mol. The maximum Gasteiger partial charge on any atom is 0.263 e. The summed E-state index contributed by atoms with van der Waals surface area (Å²) in [5, 5.41) is 6.44. The molecule has 0 spiro atoms. The molecule has 0 saturated heterocycles. The zero-order chi connectivity index (χ0) is 24.8. The van der Waals surface area contributed by atoms with Crippen molar-refractivity contribution in [1.82, 2.24) is 15.0 Å². The van der Waals surface area contributed by atoms with E-state index >= 15 is 0 Å². The topological polar surface area (TPSA) is 94.8 Å². The van der Waals surface area contributed by atoms with Gasteiger partial charge in [-0.2, -0.15) is 5.10 Å². The van der Waals surface area contributed by atoms with Crippen molar-refractivity contribution < 1.29 is 14.3 Å². The second-order valence-electron chi connectivity index (χ2n) is 7.93. The SMILES string of the molecule is CCCOc1ccc(/C=N/NC(=O)Cn2cnc3scc(-c4ccc(C)cc4)c3c2=O)cc1OC. The number of benzene rings is 2. The van der Waals surface area contributed by atoms with Gasteiger partial charge in [0.05, 0.1) is 31.6 Å². The van der Waals surface area contributed by atoms with Gasteiger partial charge in [0.1, 0.15) is 11.4 Å². The third-order valence-corrected chi connectivity index (χ3v) is 6.18. The van der Waals surface area contributed by atoms with E-state index in [4.69, 9.17) is 9.47 Å². The van der Waals surface area contributed by atoms with Crippen LogP contribution < -0.4 is 20.5 Å². The average molecular weight is 491 g/mol. The van der Waals surface area contributed by atoms with Crippen LogP contribution in [0.1, 0.15) is 24.5 Å². The smallest absolute Gasteiger partial charge is 0.263 e. The zero-order valence-electron chi connectivity index (χ0n) is 19.8. The van der Waals surface area contributed by atoms with Gasteiger partial charge in [-0.15, -0.1) is 11.3 Å². The molecule has 180 valence electrons. The molecule has 1 amide bonds. The Kier molecular flexibility index (Phi) is 7.57. The average Bonchev–Trinajstić information content (AvgIpc) is 3.30. The van der Waals surface area contributed by atoms with Crippen LogP contribution >= 0.6 is 11.3 Å². The Morgan fingerprint density at radius 3 is 2.74 bits per heavy atom. The summed E-state index contributed by atoms with van der Waals surface area (Å²) in [6.07, 6.45) is 3.79. The second kappa shape index (κ2) is 11.0. The molecule has 0 aliphatic carbocycles. The lowest BCUT2D eigenvalue weighted by molar-refractivity contribution is -0.121. The number of rotatable bonds is 9. The number of aromatic nitrogens is 2. The highest BCUT2D eigenvalue weighted by Crippen LogP contribution is 2.31. The minimum Gasteiger partial charge on any atom is -0.493 e. The number of aryl methyl sites for hydroxylation is 1. The van der Waals surface area contributed by atoms with Gasteiger partial charge in [-0.3, -0.25) is 14.2 Å². The van der Waals surface area contributed by atoms with Crippen molar-refractivity contribution in [3.8, 4) is 22.6 Å². The fraction of sp³-hybridized carbons (Fsp3) is 0.231. The Morgan fingerprint density at radius 1 is 1.20 bits per heavy atom. The predicted molar refractivity (Wildman–Crippen MR) is 139 cm³/mol. The van der Waals surface area contributed by atoms with Crippen LogP contribution in [0.2, 0.25) is 0 Å². The third kappa shape index (κ3) is 5.58. The molecule has 2 aromatic heterocycles. The van der Waals surface area contributed by atoms with E-state index in [1.54, 1.807) is 19.2 Å². The van der Waals surface area contributed by atoms with Crippen molar-refractivity contribution in [3.05, 3.63) is 75.7 Å². The number of carbonyl (C=O) groups excluding carboxylic acids is 1. The standard InChI is InChI=1S/C26H26N4O4S/c1-4-11-34-21-10-7-18(12-22(21)33-3)13-28-29-23(31)14-30-16-27-25-24(26(30)32)20(15-35-25)19-8-5-17(2)6-9-19/h5-10,12-13,15-16H,4,11,14H2,1-3H3,(H,29,31)/b28-13+. The molecule has 0 radical (unpaired) electrons. The predicted octanol–water partition coefficient (Wildman–Crippen LogP) is 4.38. The van der Waals surface area contributed by atoms with Crippen LogP contribution in [-0.4, -0.2) is 35.4 Å². The number of fused-ring (bicyclic) bond motifs is 1. The molecule has 0 atom stereocenters. The van der Waals surface area contributed by atoms with E-state index in [1.807, 2.05) is 49.6 Å². The number of nitrogens with zero attached hydrogens (tertiary/aromatic N) is 3. The first-order valence-electron chi connectivity index (χ1n) is 11.2. The molecule has 0 bridgehead atoms. The van der Waals surface area contributed by atoms with Gasteiger partial charge in [0.25, 0.3) is 11.5 Å². The normalized spacial score (nSPS) is 11.2. The molecule has 0 saturated carbocycles. The number of thiophene rings is 1. The highest BCUT2D eigenvalue weighted by atomic mass is 32.1. The van der Waals surface area contributed by atoms with E-state index in [1.165, 1.54) is 28.4 Å². The fourth-order valence-corrected chi connectivity index (χ4v) is 4.40. The van der Waals surface area contributed by atoms with Crippen molar-refractivity contribution in [2.24, 2.45) is 5.10 Å². The molecule has 4 aromatic rings. The maximum atomic E-state index is 13.1. The molecule has 0 unspecified atom stereocenters. The van der Waals surface area contributed by atoms with Crippen molar-refractivity contribution in [1.29, 1.82) is 0 Å². The first-order valence-corrected chi connectivity index (χ1v) is 12.0. The van der Waals surface area contributed by atoms with Gasteiger partial charge in [-0.25, -0.2) is 10.4 Å². The zero-order valence-corrected chi connectivity index (χ0v) is 20.6. The summed E-state index contributed by atoms with van der Waals surface area (Å²) in [6, 6.07) is 13.3. The lowest BCUT2D eigenvalue weighted by Crippen LogP contribution is -2.30. The summed E-state index contributed by atoms with van der Waals surface area (Å²) in [5.74, 6) is 0.794. The van der Waals surface area contributed by atoms with Gasteiger partial charge in [-0.1, -0.05) is 36.8 Å². The molecule has 2 aromatic carbocycles. The van der Waals surface area contributed by atoms with Gasteiger partial charge in [0.2, 0.25) is 0 Å². The van der Waals surface area contributed by atoms with Crippen molar-refractivity contribution in [2.75, 3.05) is 13.7 Å². The van der Waals surface area contributed by atoms with Crippen molar-refractivity contribution in [2.45, 2.75) is 26.8 Å². The number of amides is 1. The number of hydrogen-bond donors (Lipinski definition) is 1. The highest BCUT2D eigenvalue weighted by Gasteiger charge is 2.14. The molecule has 0 aliphatic rings. The molecule has 4 rings (SSSR count). The molecule has 2 heterocycles. The van der Waals surface area contributed by atoms with Gasteiger partial charge >= 0.3 is 0 Å². The Hall–Kier alpha value is -3.98. The quantitative estimate of drug-likeness (QED) is 0.278. The Balaban J connectivity index is 1.47. The number of ether oxygens (including phenoxy) is 2. The van der Waals surface area contributed by atoms with Crippen molar-refractivity contribution in [3.63, 3.8) is 0 Å². The summed E-state index contributed by atoms with van der Waals surface area (Å²) in [5.41, 5.74) is 5.82. The van der Waals surface area contributed by atoms with E-state index < -0.39 is 5.91 Å². The summed E-state index contributed by atoms with van der Waals surface area (Å²) in [6.45, 7) is 4.44. The Bertz CT molecular complexity index is 1420. The first kappa shape index (κ1) is 24.2.